The van der Waals surface area contributed by atoms with E-state index in [0.29, 0.717) is 0 Å². The minimum Gasteiger partial charge on any atom is -0.478 e. The summed E-state index contributed by atoms with van der Waals surface area (Å²) < 4.78 is 8.51. The van der Waals surface area contributed by atoms with Crippen LogP contribution in [0.15, 0.2) is 24.3 Å². The molecule has 15 heavy (non-hydrogen) atoms. The summed E-state index contributed by atoms with van der Waals surface area (Å²) in [5.41, 5.74) is 0.167. The molecule has 1 aromatic carbocycles. The molecule has 0 aliphatic heterocycles. The Bertz CT molecular complexity index is 325. The molecule has 1 unspecified atom stereocenters. The molecule has 3 N–H and O–H groups in total. The maximum atomic E-state index is 10.3. The fourth-order valence-corrected chi connectivity index (χ4v) is 0.755. The van der Waals surface area contributed by atoms with Gasteiger partial charge in [0.25, 0.3) is 0 Å². The molecule has 1 rings (SSSR count). The van der Waals surface area contributed by atoms with Crippen LogP contribution < -0.4 is 0 Å². The van der Waals surface area contributed by atoms with Crippen LogP contribution in [0.4, 0.5) is 0 Å². The molecule has 0 aliphatic carbocycles. The molecule has 0 aromatic heterocycles. The van der Waals surface area contributed by atoms with Crippen molar-refractivity contribution in [2.75, 3.05) is 0 Å². The van der Waals surface area contributed by atoms with E-state index in [0.717, 1.165) is 0 Å². The summed E-state index contributed by atoms with van der Waals surface area (Å²) in [6.45, 7) is 0. The lowest BCUT2D eigenvalue weighted by atomic mass is 10.1. The summed E-state index contributed by atoms with van der Waals surface area (Å²) >= 11 is 0. The Labute approximate surface area is 86.1 Å². The molecular formula is C8H8O6P+. The molecule has 0 bridgehead atoms. The molecular weight excluding hydrogens is 223 g/mol. The fraction of sp³-hybridized carbons (Fsp3) is 0. The summed E-state index contributed by atoms with van der Waals surface area (Å²) in [5, 5.41) is 16.9. The van der Waals surface area contributed by atoms with Gasteiger partial charge in [0, 0.05) is 0 Å². The van der Waals surface area contributed by atoms with Gasteiger partial charge in [-0.2, -0.15) is 4.89 Å². The molecule has 1 aromatic rings. The topological polar surface area (TPSA) is 112 Å². The smallest absolute Gasteiger partial charge is 0.478 e. The number of hydrogen-bond acceptors (Lipinski definition) is 3. The second-order valence-electron chi connectivity index (χ2n) is 2.28. The third-order valence-electron chi connectivity index (χ3n) is 1.38. The van der Waals surface area contributed by atoms with Crippen molar-refractivity contribution in [1.29, 1.82) is 0 Å². The predicted molar refractivity (Wildman–Crippen MR) is 51.6 cm³/mol. The Hall–Kier alpha value is -1.78. The maximum absolute atomic E-state index is 10.3. The predicted octanol–water partition coefficient (Wildman–Crippen LogP) is 1.00. The van der Waals surface area contributed by atoms with E-state index in [1.807, 2.05) is 0 Å². The number of carboxylic acid groups (broad SMARTS) is 2. The highest BCUT2D eigenvalue weighted by atomic mass is 31.1. The summed E-state index contributed by atoms with van der Waals surface area (Å²) in [6.07, 6.45) is 0. The Morgan fingerprint density at radius 3 is 1.27 bits per heavy atom. The number of hydrogen-bond donors (Lipinski definition) is 3. The van der Waals surface area contributed by atoms with Gasteiger partial charge in [0.2, 0.25) is 0 Å². The summed E-state index contributed by atoms with van der Waals surface area (Å²) in [6, 6.07) is 5.02. The van der Waals surface area contributed by atoms with Gasteiger partial charge in [-0.15, -0.1) is 0 Å². The van der Waals surface area contributed by atoms with Gasteiger partial charge < -0.3 is 10.2 Å². The van der Waals surface area contributed by atoms with E-state index in [-0.39, 0.29) is 11.1 Å². The standard InChI is InChI=1S/C8H6O4.HO2P/c9-7(10)5-1-2-6(4-3-5)8(11)12;1-3-2/h1-4H,(H,9,10)(H,11,12);3H/p+1. The van der Waals surface area contributed by atoms with Crippen LogP contribution in [0.25, 0.3) is 0 Å². The average Bonchev–Trinajstić information content (AvgIpc) is 2.19. The second-order valence-corrected chi connectivity index (χ2v) is 2.46. The SMILES string of the molecule is O=C(O)c1ccc(C(=O)O)cc1.O=[PH+]O. The van der Waals surface area contributed by atoms with Crippen molar-refractivity contribution >= 4 is 20.6 Å². The largest absolute Gasteiger partial charge is 0.491 e. The van der Waals surface area contributed by atoms with Crippen LogP contribution in [-0.4, -0.2) is 27.0 Å². The van der Waals surface area contributed by atoms with Crippen molar-refractivity contribution in [2.24, 2.45) is 0 Å². The normalized spacial score (nSPS) is 8.87. The van der Waals surface area contributed by atoms with E-state index in [1.54, 1.807) is 0 Å². The second kappa shape index (κ2) is 6.64. The van der Waals surface area contributed by atoms with Gasteiger partial charge >= 0.3 is 20.6 Å². The lowest BCUT2D eigenvalue weighted by Gasteiger charge is -1.94. The minimum atomic E-state index is -1.17. The Morgan fingerprint density at radius 1 is 0.933 bits per heavy atom. The molecule has 0 fully saturated rings. The zero-order chi connectivity index (χ0) is 11.8. The number of carboxylic acids is 2. The van der Waals surface area contributed by atoms with Gasteiger partial charge in [0.1, 0.15) is 0 Å². The monoisotopic (exact) mass is 231 g/mol. The van der Waals surface area contributed by atoms with Gasteiger partial charge in [-0.1, -0.05) is 0 Å². The summed E-state index contributed by atoms with van der Waals surface area (Å²) in [4.78, 5) is 27.7. The third kappa shape index (κ3) is 4.85. The number of rotatable bonds is 2. The number of aromatic carboxylic acids is 2. The van der Waals surface area contributed by atoms with E-state index in [4.69, 9.17) is 19.7 Å². The lowest BCUT2D eigenvalue weighted by molar-refractivity contribution is 0.0681. The van der Waals surface area contributed by atoms with Crippen molar-refractivity contribution in [3.8, 4) is 0 Å². The van der Waals surface area contributed by atoms with Crippen LogP contribution in [-0.2, 0) is 4.57 Å². The third-order valence-corrected chi connectivity index (χ3v) is 1.38. The molecule has 0 radical (unpaired) electrons. The zero-order valence-electron chi connectivity index (χ0n) is 7.38. The van der Waals surface area contributed by atoms with E-state index >= 15 is 0 Å². The van der Waals surface area contributed by atoms with Crippen LogP contribution in [0.5, 0.6) is 0 Å². The lowest BCUT2D eigenvalue weighted by Crippen LogP contribution is -1.99. The molecule has 0 heterocycles. The quantitative estimate of drug-likeness (QED) is 0.654. The van der Waals surface area contributed by atoms with E-state index in [9.17, 15) is 9.59 Å². The highest BCUT2D eigenvalue weighted by molar-refractivity contribution is 7.16. The van der Waals surface area contributed by atoms with Crippen molar-refractivity contribution in [3.63, 3.8) is 0 Å². The first kappa shape index (κ1) is 13.2. The van der Waals surface area contributed by atoms with Crippen molar-refractivity contribution < 1.29 is 29.3 Å². The number of carbonyl (C=O) groups is 2. The van der Waals surface area contributed by atoms with Gasteiger partial charge in [-0.05, 0) is 28.8 Å². The van der Waals surface area contributed by atoms with Crippen molar-refractivity contribution in [2.45, 2.75) is 0 Å². The molecule has 0 amide bonds. The van der Waals surface area contributed by atoms with Crippen molar-refractivity contribution in [1.82, 2.24) is 0 Å². The Balaban J connectivity index is 0.000000583. The maximum Gasteiger partial charge on any atom is 0.491 e. The van der Waals surface area contributed by atoms with Crippen LogP contribution in [0, 0.1) is 0 Å². The molecule has 0 saturated heterocycles. The van der Waals surface area contributed by atoms with Gasteiger partial charge in [-0.25, -0.2) is 9.59 Å². The van der Waals surface area contributed by atoms with Crippen LogP contribution >= 0.6 is 8.69 Å². The molecule has 6 nitrogen and oxygen atoms in total. The first-order valence-electron chi connectivity index (χ1n) is 3.60. The molecule has 0 aliphatic rings. The van der Waals surface area contributed by atoms with Gasteiger partial charge in [0.15, 0.2) is 0 Å². The molecule has 0 spiro atoms. The van der Waals surface area contributed by atoms with Crippen LogP contribution in [0.1, 0.15) is 20.7 Å². The van der Waals surface area contributed by atoms with Gasteiger partial charge in [0.05, 0.1) is 11.1 Å². The molecule has 80 valence electrons. The zero-order valence-corrected chi connectivity index (χ0v) is 8.38. The van der Waals surface area contributed by atoms with Crippen molar-refractivity contribution in [3.05, 3.63) is 35.4 Å². The Kier molecular flexibility index (Phi) is 5.85. The minimum absolute atomic E-state index is 0.0833. The van der Waals surface area contributed by atoms with E-state index in [2.05, 4.69) is 0 Å². The van der Waals surface area contributed by atoms with E-state index in [1.165, 1.54) is 24.3 Å². The molecule has 7 heteroatoms. The van der Waals surface area contributed by atoms with Gasteiger partial charge in [-0.3, -0.25) is 0 Å². The first-order valence-corrected chi connectivity index (χ1v) is 4.46. The average molecular weight is 231 g/mol. The van der Waals surface area contributed by atoms with E-state index < -0.39 is 20.6 Å². The summed E-state index contributed by atoms with van der Waals surface area (Å²) in [7, 11) is -1.17. The number of benzene rings is 1. The fourth-order valence-electron chi connectivity index (χ4n) is 0.755. The highest BCUT2D eigenvalue weighted by Crippen LogP contribution is 2.03. The molecule has 1 atom stereocenters. The molecule has 0 saturated carbocycles. The summed E-state index contributed by atoms with van der Waals surface area (Å²) in [5.74, 6) is -2.13. The highest BCUT2D eigenvalue weighted by Gasteiger charge is 2.04. The van der Waals surface area contributed by atoms with Crippen LogP contribution in [0.2, 0.25) is 0 Å². The van der Waals surface area contributed by atoms with Crippen LogP contribution in [0.3, 0.4) is 0 Å². The first-order chi connectivity index (χ1) is 7.02. The Morgan fingerprint density at radius 2 is 1.13 bits per heavy atom.